The lowest BCUT2D eigenvalue weighted by molar-refractivity contribution is -0.139. The van der Waals surface area contributed by atoms with E-state index in [1.165, 1.54) is 49.6 Å². The molecule has 36 heavy (non-hydrogen) atoms. The second-order valence-electron chi connectivity index (χ2n) is 7.66. The van der Waals surface area contributed by atoms with E-state index in [0.717, 1.165) is 4.90 Å². The molecule has 2 aromatic rings. The maximum absolute atomic E-state index is 12.8. The fourth-order valence-corrected chi connectivity index (χ4v) is 5.35. The molecule has 2 fully saturated rings. The van der Waals surface area contributed by atoms with Crippen molar-refractivity contribution in [3.8, 4) is 11.5 Å². The minimum atomic E-state index is -4.20. The zero-order chi connectivity index (χ0) is 25.9. The third kappa shape index (κ3) is 5.84. The molecule has 0 unspecified atom stereocenters. The molecule has 0 spiro atoms. The molecule has 0 aromatic heterocycles. The van der Waals surface area contributed by atoms with Crippen molar-refractivity contribution in [2.45, 2.75) is 4.90 Å². The number of hydrogen-bond acceptors (Lipinski definition) is 9. The summed E-state index contributed by atoms with van der Waals surface area (Å²) >= 11 is 6.52. The van der Waals surface area contributed by atoms with Gasteiger partial charge in [-0.1, -0.05) is 17.7 Å². The number of benzene rings is 2. The van der Waals surface area contributed by atoms with Gasteiger partial charge in [-0.05, 0) is 59.8 Å². The molecule has 3 amide bonds. The van der Waals surface area contributed by atoms with Crippen LogP contribution in [0.1, 0.15) is 5.56 Å². The highest BCUT2D eigenvalue weighted by molar-refractivity contribution is 8.18. The van der Waals surface area contributed by atoms with Gasteiger partial charge in [-0.2, -0.15) is 8.42 Å². The number of ether oxygens (including phenoxy) is 2. The first-order chi connectivity index (χ1) is 17.2. The van der Waals surface area contributed by atoms with Crippen LogP contribution in [0.2, 0.25) is 5.02 Å². The van der Waals surface area contributed by atoms with Crippen LogP contribution in [0.5, 0.6) is 11.5 Å². The van der Waals surface area contributed by atoms with Crippen molar-refractivity contribution >= 4 is 56.6 Å². The molecule has 0 N–H and O–H groups in total. The summed E-state index contributed by atoms with van der Waals surface area (Å²) in [5.41, 5.74) is 0.391. The largest absolute Gasteiger partial charge is 0.493 e. The summed E-state index contributed by atoms with van der Waals surface area (Å²) in [7, 11) is -2.85. The number of methoxy groups -OCH3 is 1. The molecule has 190 valence electrons. The lowest BCUT2D eigenvalue weighted by atomic mass is 10.2. The summed E-state index contributed by atoms with van der Waals surface area (Å²) in [6, 6.07) is 9.89. The van der Waals surface area contributed by atoms with Gasteiger partial charge in [0.2, 0.25) is 5.91 Å². The minimum Gasteiger partial charge on any atom is -0.493 e. The Kier molecular flexibility index (Phi) is 7.88. The predicted molar refractivity (Wildman–Crippen MR) is 132 cm³/mol. The number of morpholine rings is 1. The lowest BCUT2D eigenvalue weighted by Crippen LogP contribution is -2.46. The van der Waals surface area contributed by atoms with Gasteiger partial charge in [-0.3, -0.25) is 19.3 Å². The first-order valence-corrected chi connectivity index (χ1v) is 13.3. The van der Waals surface area contributed by atoms with Crippen LogP contribution in [0.15, 0.2) is 52.3 Å². The molecule has 13 heteroatoms. The normalized spacial score (nSPS) is 17.6. The first-order valence-electron chi connectivity index (χ1n) is 10.7. The van der Waals surface area contributed by atoms with Crippen LogP contribution in [0.4, 0.5) is 4.79 Å². The van der Waals surface area contributed by atoms with Crippen molar-refractivity contribution in [3.63, 3.8) is 0 Å². The van der Waals surface area contributed by atoms with Gasteiger partial charge in [-0.25, -0.2) is 0 Å². The van der Waals surface area contributed by atoms with Crippen LogP contribution < -0.4 is 8.92 Å². The number of rotatable bonds is 7. The Morgan fingerprint density at radius 2 is 1.81 bits per heavy atom. The molecule has 2 aliphatic heterocycles. The van der Waals surface area contributed by atoms with Gasteiger partial charge >= 0.3 is 10.1 Å². The Bertz CT molecular complexity index is 1320. The minimum absolute atomic E-state index is 0.0893. The Hall–Kier alpha value is -3.06. The van der Waals surface area contributed by atoms with E-state index in [4.69, 9.17) is 25.3 Å². The summed E-state index contributed by atoms with van der Waals surface area (Å²) in [6.07, 6.45) is 1.42. The summed E-state index contributed by atoms with van der Waals surface area (Å²) in [6.45, 7) is 1.25. The van der Waals surface area contributed by atoms with Crippen molar-refractivity contribution < 1.29 is 36.5 Å². The van der Waals surface area contributed by atoms with Crippen LogP contribution in [-0.4, -0.2) is 75.2 Å². The highest BCUT2D eigenvalue weighted by atomic mass is 35.5. The van der Waals surface area contributed by atoms with E-state index in [2.05, 4.69) is 0 Å². The van der Waals surface area contributed by atoms with Crippen LogP contribution in [0.25, 0.3) is 6.08 Å². The molecule has 0 aliphatic carbocycles. The lowest BCUT2D eigenvalue weighted by Gasteiger charge is -2.28. The summed E-state index contributed by atoms with van der Waals surface area (Å²) in [5.74, 6) is -0.912. The Labute approximate surface area is 216 Å². The van der Waals surface area contributed by atoms with Crippen molar-refractivity contribution in [2.24, 2.45) is 0 Å². The summed E-state index contributed by atoms with van der Waals surface area (Å²) in [4.78, 5) is 40.2. The van der Waals surface area contributed by atoms with Crippen molar-refractivity contribution in [1.82, 2.24) is 9.80 Å². The maximum Gasteiger partial charge on any atom is 0.339 e. The molecule has 2 saturated heterocycles. The molecule has 0 saturated carbocycles. The molecular formula is C23H21ClN2O8S2. The second-order valence-corrected chi connectivity index (χ2v) is 10.6. The smallest absolute Gasteiger partial charge is 0.339 e. The average Bonchev–Trinajstić information content (AvgIpc) is 3.12. The second kappa shape index (κ2) is 10.9. The molecule has 2 aromatic carbocycles. The molecule has 4 rings (SSSR count). The van der Waals surface area contributed by atoms with Gasteiger partial charge in [0.1, 0.15) is 11.4 Å². The third-order valence-electron chi connectivity index (χ3n) is 5.32. The van der Waals surface area contributed by atoms with E-state index in [0.29, 0.717) is 48.7 Å². The number of carbonyl (C=O) groups is 3. The average molecular weight is 553 g/mol. The van der Waals surface area contributed by atoms with E-state index in [-0.39, 0.29) is 33.8 Å². The monoisotopic (exact) mass is 552 g/mol. The first kappa shape index (κ1) is 26.0. The quantitative estimate of drug-likeness (QED) is 0.377. The SMILES string of the molecule is COc1ccc(/C=C2\SC(=O)N(CC(=O)N3CCOCC3)C2=O)cc1OS(=O)(=O)c1ccc(Cl)cc1. The molecule has 2 heterocycles. The summed E-state index contributed by atoms with van der Waals surface area (Å²) < 4.78 is 41.2. The highest BCUT2D eigenvalue weighted by Gasteiger charge is 2.37. The zero-order valence-electron chi connectivity index (χ0n) is 19.0. The van der Waals surface area contributed by atoms with Gasteiger partial charge in [0, 0.05) is 18.1 Å². The van der Waals surface area contributed by atoms with Crippen LogP contribution >= 0.6 is 23.4 Å². The molecule has 10 nitrogen and oxygen atoms in total. The highest BCUT2D eigenvalue weighted by Crippen LogP contribution is 2.35. The Balaban J connectivity index is 1.54. The zero-order valence-corrected chi connectivity index (χ0v) is 21.4. The number of amides is 3. The van der Waals surface area contributed by atoms with Gasteiger partial charge in [0.05, 0.1) is 25.2 Å². The Morgan fingerprint density at radius 1 is 1.11 bits per heavy atom. The van der Waals surface area contributed by atoms with Gasteiger partial charge in [-0.15, -0.1) is 0 Å². The third-order valence-corrected chi connectivity index (χ3v) is 7.73. The van der Waals surface area contributed by atoms with E-state index in [9.17, 15) is 22.8 Å². The van der Waals surface area contributed by atoms with E-state index < -0.39 is 21.3 Å². The molecule has 0 atom stereocenters. The van der Waals surface area contributed by atoms with Gasteiger partial charge < -0.3 is 18.6 Å². The molecule has 0 radical (unpaired) electrons. The molecule has 0 bridgehead atoms. The van der Waals surface area contributed by atoms with Gasteiger partial charge in [0.15, 0.2) is 11.5 Å². The number of imide groups is 1. The Morgan fingerprint density at radius 3 is 2.47 bits per heavy atom. The van der Waals surface area contributed by atoms with Crippen molar-refractivity contribution in [2.75, 3.05) is 40.0 Å². The van der Waals surface area contributed by atoms with E-state index in [1.54, 1.807) is 11.0 Å². The molecular weight excluding hydrogens is 532 g/mol. The fourth-order valence-electron chi connectivity index (χ4n) is 3.45. The van der Waals surface area contributed by atoms with Crippen molar-refractivity contribution in [1.29, 1.82) is 0 Å². The number of nitrogens with zero attached hydrogens (tertiary/aromatic N) is 2. The van der Waals surface area contributed by atoms with Gasteiger partial charge in [0.25, 0.3) is 11.1 Å². The van der Waals surface area contributed by atoms with Crippen LogP contribution in [0, 0.1) is 0 Å². The van der Waals surface area contributed by atoms with Crippen LogP contribution in [0.3, 0.4) is 0 Å². The summed E-state index contributed by atoms with van der Waals surface area (Å²) in [5, 5.41) is -0.197. The molecule has 2 aliphatic rings. The fraction of sp³-hybridized carbons (Fsp3) is 0.261. The number of thioether (sulfide) groups is 1. The standard InChI is InChI=1S/C23H21ClN2O8S2/c1-32-18-7-2-15(12-19(18)34-36(30,31)17-5-3-16(24)4-6-17)13-20-22(28)26(23(29)35-20)14-21(27)25-8-10-33-11-9-25/h2-7,12-13H,8-11,14H2,1H3/b20-13-. The number of halogens is 1. The predicted octanol–water partition coefficient (Wildman–Crippen LogP) is 3.01. The maximum atomic E-state index is 12.8. The van der Waals surface area contributed by atoms with E-state index >= 15 is 0 Å². The van der Waals surface area contributed by atoms with E-state index in [1.807, 2.05) is 0 Å². The number of carbonyl (C=O) groups excluding carboxylic acids is 3. The topological polar surface area (TPSA) is 120 Å². The number of hydrogen-bond donors (Lipinski definition) is 0. The van der Waals surface area contributed by atoms with Crippen LogP contribution in [-0.2, 0) is 24.4 Å². The van der Waals surface area contributed by atoms with Crippen molar-refractivity contribution in [3.05, 3.63) is 58.0 Å².